The molecular weight excluding hydrogens is 276 g/mol. The van der Waals surface area contributed by atoms with Crippen LogP contribution in [0.4, 0.5) is 4.79 Å². The molecule has 0 radical (unpaired) electrons. The van der Waals surface area contributed by atoms with E-state index in [1.807, 2.05) is 0 Å². The van der Waals surface area contributed by atoms with E-state index in [-0.39, 0.29) is 18.7 Å². The van der Waals surface area contributed by atoms with Crippen LogP contribution in [0.15, 0.2) is 0 Å². The summed E-state index contributed by atoms with van der Waals surface area (Å²) in [7, 11) is 1.58. The molecule has 1 spiro atoms. The van der Waals surface area contributed by atoms with Gasteiger partial charge in [0.25, 0.3) is 0 Å². The van der Waals surface area contributed by atoms with E-state index < -0.39 is 17.7 Å². The summed E-state index contributed by atoms with van der Waals surface area (Å²) in [4.78, 5) is 24.0. The molecule has 2 amide bonds. The second kappa shape index (κ2) is 6.62. The SMILES string of the molecule is CC(CN(C)C(=O)NCC1COC2(CCCC2)O1)C(=O)O. The van der Waals surface area contributed by atoms with E-state index in [1.54, 1.807) is 14.0 Å². The lowest BCUT2D eigenvalue weighted by Gasteiger charge is -2.23. The smallest absolute Gasteiger partial charge is 0.317 e. The lowest BCUT2D eigenvalue weighted by molar-refractivity contribution is -0.161. The monoisotopic (exact) mass is 300 g/mol. The van der Waals surface area contributed by atoms with Gasteiger partial charge in [-0.15, -0.1) is 0 Å². The van der Waals surface area contributed by atoms with Gasteiger partial charge in [0, 0.05) is 33.0 Å². The van der Waals surface area contributed by atoms with Gasteiger partial charge in [-0.05, 0) is 12.8 Å². The van der Waals surface area contributed by atoms with Crippen LogP contribution in [0.25, 0.3) is 0 Å². The molecule has 21 heavy (non-hydrogen) atoms. The van der Waals surface area contributed by atoms with E-state index in [0.717, 1.165) is 25.7 Å². The van der Waals surface area contributed by atoms with Gasteiger partial charge < -0.3 is 24.8 Å². The van der Waals surface area contributed by atoms with Crippen LogP contribution in [0.3, 0.4) is 0 Å². The van der Waals surface area contributed by atoms with Crippen LogP contribution in [-0.4, -0.2) is 60.6 Å². The van der Waals surface area contributed by atoms with Crippen LogP contribution in [0.2, 0.25) is 0 Å². The first kappa shape index (κ1) is 16.0. The number of carboxylic acid groups (broad SMARTS) is 1. The molecule has 0 bridgehead atoms. The fraction of sp³-hybridized carbons (Fsp3) is 0.857. The lowest BCUT2D eigenvalue weighted by Crippen LogP contribution is -2.44. The molecule has 2 unspecified atom stereocenters. The predicted octanol–water partition coefficient (Wildman–Crippen LogP) is 1.03. The van der Waals surface area contributed by atoms with Crippen molar-refractivity contribution in [1.82, 2.24) is 10.2 Å². The van der Waals surface area contributed by atoms with Gasteiger partial charge in [0.15, 0.2) is 5.79 Å². The third kappa shape index (κ3) is 4.07. The first-order valence-electron chi connectivity index (χ1n) is 7.45. The Hall–Kier alpha value is -1.34. The largest absolute Gasteiger partial charge is 0.481 e. The number of hydrogen-bond acceptors (Lipinski definition) is 4. The van der Waals surface area contributed by atoms with Crippen LogP contribution in [0, 0.1) is 5.92 Å². The Morgan fingerprint density at radius 2 is 2.10 bits per heavy atom. The molecule has 120 valence electrons. The number of aliphatic carboxylic acids is 1. The van der Waals surface area contributed by atoms with Crippen LogP contribution in [0.5, 0.6) is 0 Å². The average Bonchev–Trinajstić information content (AvgIpc) is 3.06. The Kier molecular flexibility index (Phi) is 5.05. The van der Waals surface area contributed by atoms with Gasteiger partial charge in [-0.2, -0.15) is 0 Å². The van der Waals surface area contributed by atoms with Gasteiger partial charge >= 0.3 is 12.0 Å². The van der Waals surface area contributed by atoms with E-state index in [0.29, 0.717) is 13.2 Å². The number of nitrogens with one attached hydrogen (secondary N) is 1. The van der Waals surface area contributed by atoms with Crippen LogP contribution in [0.1, 0.15) is 32.6 Å². The van der Waals surface area contributed by atoms with Gasteiger partial charge in [0.2, 0.25) is 0 Å². The van der Waals surface area contributed by atoms with E-state index in [1.165, 1.54) is 4.90 Å². The molecule has 0 aromatic carbocycles. The summed E-state index contributed by atoms with van der Waals surface area (Å²) in [6.07, 6.45) is 3.96. The van der Waals surface area contributed by atoms with Gasteiger partial charge in [-0.3, -0.25) is 4.79 Å². The highest BCUT2D eigenvalue weighted by Crippen LogP contribution is 2.38. The number of carbonyl (C=O) groups excluding carboxylic acids is 1. The summed E-state index contributed by atoms with van der Waals surface area (Å²) < 4.78 is 11.6. The molecule has 1 aliphatic carbocycles. The second-order valence-electron chi connectivity index (χ2n) is 5.97. The summed E-state index contributed by atoms with van der Waals surface area (Å²) in [6, 6.07) is -0.293. The van der Waals surface area contributed by atoms with Crippen molar-refractivity contribution in [3.63, 3.8) is 0 Å². The third-order valence-corrected chi connectivity index (χ3v) is 4.08. The van der Waals surface area contributed by atoms with Crippen LogP contribution < -0.4 is 5.32 Å². The maximum Gasteiger partial charge on any atom is 0.317 e. The molecular formula is C14H24N2O5. The summed E-state index contributed by atoms with van der Waals surface area (Å²) in [5.74, 6) is -1.92. The maximum absolute atomic E-state index is 11.9. The fourth-order valence-corrected chi connectivity index (χ4v) is 2.80. The number of ether oxygens (including phenoxy) is 2. The average molecular weight is 300 g/mol. The standard InChI is InChI=1S/C14H24N2O5/c1-10(12(17)18)8-16(2)13(19)15-7-11-9-20-14(21-11)5-3-4-6-14/h10-11H,3-9H2,1-2H3,(H,15,19)(H,17,18). The molecule has 0 aromatic rings. The molecule has 2 N–H and O–H groups in total. The first-order chi connectivity index (χ1) is 9.92. The molecule has 2 fully saturated rings. The normalized spacial score (nSPS) is 25.0. The zero-order chi connectivity index (χ0) is 15.5. The molecule has 1 saturated heterocycles. The molecule has 2 rings (SSSR count). The summed E-state index contributed by atoms with van der Waals surface area (Å²) in [5.41, 5.74) is 0. The lowest BCUT2D eigenvalue weighted by atomic mass is 10.2. The topological polar surface area (TPSA) is 88.1 Å². The molecule has 2 aliphatic rings. The van der Waals surface area contributed by atoms with Gasteiger partial charge in [-0.25, -0.2) is 4.79 Å². The van der Waals surface area contributed by atoms with Crippen molar-refractivity contribution in [3.05, 3.63) is 0 Å². The zero-order valence-corrected chi connectivity index (χ0v) is 12.6. The van der Waals surface area contributed by atoms with E-state index >= 15 is 0 Å². The minimum atomic E-state index is -0.912. The van der Waals surface area contributed by atoms with Crippen molar-refractivity contribution in [3.8, 4) is 0 Å². The molecule has 1 aliphatic heterocycles. The Morgan fingerprint density at radius 1 is 1.43 bits per heavy atom. The Bertz CT molecular complexity index is 395. The molecule has 2 atom stereocenters. The molecule has 7 heteroatoms. The van der Waals surface area contributed by atoms with E-state index in [2.05, 4.69) is 5.32 Å². The maximum atomic E-state index is 11.9. The quantitative estimate of drug-likeness (QED) is 0.792. The van der Waals surface area contributed by atoms with Crippen molar-refractivity contribution in [2.24, 2.45) is 5.92 Å². The predicted molar refractivity (Wildman–Crippen MR) is 74.9 cm³/mol. The van der Waals surface area contributed by atoms with Crippen molar-refractivity contribution in [1.29, 1.82) is 0 Å². The minimum Gasteiger partial charge on any atom is -0.481 e. The number of amides is 2. The van der Waals surface area contributed by atoms with Crippen molar-refractivity contribution in [2.75, 3.05) is 26.7 Å². The van der Waals surface area contributed by atoms with Crippen LogP contribution >= 0.6 is 0 Å². The van der Waals surface area contributed by atoms with E-state index in [4.69, 9.17) is 14.6 Å². The number of rotatable bonds is 5. The van der Waals surface area contributed by atoms with Gasteiger partial charge in [0.05, 0.1) is 12.5 Å². The molecule has 7 nitrogen and oxygen atoms in total. The first-order valence-corrected chi connectivity index (χ1v) is 7.45. The Labute approximate surface area is 124 Å². The van der Waals surface area contributed by atoms with Crippen molar-refractivity contribution < 1.29 is 24.2 Å². The van der Waals surface area contributed by atoms with E-state index in [9.17, 15) is 9.59 Å². The third-order valence-electron chi connectivity index (χ3n) is 4.08. The fourth-order valence-electron chi connectivity index (χ4n) is 2.80. The number of urea groups is 1. The highest BCUT2D eigenvalue weighted by Gasteiger charge is 2.43. The van der Waals surface area contributed by atoms with Crippen molar-refractivity contribution in [2.45, 2.75) is 44.5 Å². The summed E-state index contributed by atoms with van der Waals surface area (Å²) in [6.45, 7) is 2.62. The Balaban J connectivity index is 1.70. The number of carboxylic acids is 1. The van der Waals surface area contributed by atoms with Gasteiger partial charge in [0.1, 0.15) is 6.10 Å². The zero-order valence-electron chi connectivity index (χ0n) is 12.6. The summed E-state index contributed by atoms with van der Waals surface area (Å²) >= 11 is 0. The molecule has 0 aromatic heterocycles. The number of carbonyl (C=O) groups is 2. The Morgan fingerprint density at radius 3 is 2.71 bits per heavy atom. The van der Waals surface area contributed by atoms with Crippen molar-refractivity contribution >= 4 is 12.0 Å². The highest BCUT2D eigenvalue weighted by molar-refractivity contribution is 5.75. The second-order valence-corrected chi connectivity index (χ2v) is 5.97. The summed E-state index contributed by atoms with van der Waals surface area (Å²) in [5, 5.41) is 11.6. The minimum absolute atomic E-state index is 0.127. The highest BCUT2D eigenvalue weighted by atomic mass is 16.7. The number of nitrogens with zero attached hydrogens (tertiary/aromatic N) is 1. The van der Waals surface area contributed by atoms with Gasteiger partial charge in [-0.1, -0.05) is 6.92 Å². The molecule has 1 heterocycles. The number of hydrogen-bond donors (Lipinski definition) is 2. The molecule has 1 saturated carbocycles. The van der Waals surface area contributed by atoms with Crippen LogP contribution in [-0.2, 0) is 14.3 Å².